The number of nitrogens with one attached hydrogen (secondary N) is 1. The van der Waals surface area contributed by atoms with Crippen molar-refractivity contribution in [2.45, 2.75) is 46.5 Å². The fourth-order valence-corrected chi connectivity index (χ4v) is 2.25. The zero-order valence-corrected chi connectivity index (χ0v) is 18.9. The van der Waals surface area contributed by atoms with E-state index in [1.165, 1.54) is 0 Å². The van der Waals surface area contributed by atoms with Gasteiger partial charge in [0, 0.05) is 18.0 Å². The van der Waals surface area contributed by atoms with Crippen LogP contribution < -0.4 is 5.32 Å². The van der Waals surface area contributed by atoms with Gasteiger partial charge in [-0.25, -0.2) is 9.59 Å². The average molecular weight is 426 g/mol. The van der Waals surface area contributed by atoms with Crippen LogP contribution in [0.2, 0.25) is 0 Å². The summed E-state index contributed by atoms with van der Waals surface area (Å²) in [7, 11) is 0. The van der Waals surface area contributed by atoms with E-state index < -0.39 is 17.5 Å². The van der Waals surface area contributed by atoms with E-state index in [0.29, 0.717) is 31.4 Å². The number of ether oxygens (including phenoxy) is 4. The van der Waals surface area contributed by atoms with E-state index in [1.54, 1.807) is 19.1 Å². The van der Waals surface area contributed by atoms with Gasteiger partial charge in [0.25, 0.3) is 0 Å². The molecule has 0 bridgehead atoms. The minimum Gasteiger partial charge on any atom is -0.473 e. The highest BCUT2D eigenvalue weighted by molar-refractivity contribution is 5.81. The van der Waals surface area contributed by atoms with Gasteiger partial charge in [0.05, 0.1) is 12.4 Å². The topological polar surface area (TPSA) is 83.1 Å². The van der Waals surface area contributed by atoms with Crippen LogP contribution in [-0.2, 0) is 23.7 Å². The zero-order valence-electron chi connectivity index (χ0n) is 18.9. The average Bonchev–Trinajstić information content (AvgIpc) is 2.76. The second-order valence-corrected chi connectivity index (χ2v) is 6.34. The van der Waals surface area contributed by atoms with Crippen LogP contribution in [0.15, 0.2) is 50.3 Å². The molecule has 172 valence electrons. The first-order chi connectivity index (χ1) is 14.4. The van der Waals surface area contributed by atoms with Gasteiger partial charge in [0.1, 0.15) is 13.2 Å². The number of carbonyl (C=O) groups excluding carboxylic acids is 2. The van der Waals surface area contributed by atoms with E-state index in [2.05, 4.69) is 31.6 Å². The minimum atomic E-state index is -0.568. The monoisotopic (exact) mass is 425 g/mol. The number of hydrogen-bond donors (Lipinski definition) is 1. The van der Waals surface area contributed by atoms with Gasteiger partial charge in [-0.05, 0) is 32.6 Å². The fourth-order valence-electron chi connectivity index (χ4n) is 2.25. The summed E-state index contributed by atoms with van der Waals surface area (Å²) in [6.07, 6.45) is 6.81. The van der Waals surface area contributed by atoms with Crippen molar-refractivity contribution in [2.24, 2.45) is 5.41 Å². The predicted molar refractivity (Wildman–Crippen MR) is 120 cm³/mol. The highest BCUT2D eigenvalue weighted by Gasteiger charge is 2.32. The lowest BCUT2D eigenvalue weighted by Gasteiger charge is -2.32. The van der Waals surface area contributed by atoms with Crippen LogP contribution >= 0.6 is 0 Å². The number of carbonyl (C=O) groups is 2. The van der Waals surface area contributed by atoms with Crippen LogP contribution in [0.25, 0.3) is 0 Å². The Labute approximate surface area is 181 Å². The first-order valence-corrected chi connectivity index (χ1v) is 10.2. The van der Waals surface area contributed by atoms with Crippen LogP contribution in [-0.4, -0.2) is 45.2 Å². The van der Waals surface area contributed by atoms with E-state index >= 15 is 0 Å². The molecule has 0 saturated carbocycles. The summed E-state index contributed by atoms with van der Waals surface area (Å²) in [5, 5.41) is 2.60. The summed E-state index contributed by atoms with van der Waals surface area (Å²) in [5.74, 6) is 0.0417. The molecule has 0 aliphatic heterocycles. The molecule has 0 fully saturated rings. The molecular weight excluding hydrogens is 386 g/mol. The van der Waals surface area contributed by atoms with Crippen molar-refractivity contribution in [3.05, 3.63) is 50.3 Å². The van der Waals surface area contributed by atoms with E-state index in [-0.39, 0.29) is 33.2 Å². The Morgan fingerprint density at radius 2 is 1.53 bits per heavy atom. The third-order valence-electron chi connectivity index (χ3n) is 3.86. The highest BCUT2D eigenvalue weighted by Crippen LogP contribution is 2.31. The molecule has 1 N–H and O–H groups in total. The van der Waals surface area contributed by atoms with Gasteiger partial charge in [-0.15, -0.1) is 13.2 Å². The van der Waals surface area contributed by atoms with E-state index in [0.717, 1.165) is 6.08 Å². The summed E-state index contributed by atoms with van der Waals surface area (Å²) >= 11 is 0. The van der Waals surface area contributed by atoms with Crippen molar-refractivity contribution in [2.75, 3.05) is 33.2 Å². The van der Waals surface area contributed by atoms with Gasteiger partial charge in [-0.1, -0.05) is 39.2 Å². The fraction of sp³-hybridized carbons (Fsp3) is 0.565. The van der Waals surface area contributed by atoms with E-state index in [1.807, 2.05) is 13.8 Å². The molecule has 0 aliphatic carbocycles. The molecule has 0 unspecified atom stereocenters. The lowest BCUT2D eigenvalue weighted by atomic mass is 9.80. The van der Waals surface area contributed by atoms with Crippen LogP contribution in [0.5, 0.6) is 0 Å². The SMILES string of the molecule is C=CCCC(CCC=C)(COC(=O)C=C)COC(=O)NCCOCOC(=C)C.CC. The van der Waals surface area contributed by atoms with Crippen molar-refractivity contribution in [1.29, 1.82) is 0 Å². The molecule has 7 heteroatoms. The Kier molecular flexibility index (Phi) is 19.5. The lowest BCUT2D eigenvalue weighted by Crippen LogP contribution is -2.37. The largest absolute Gasteiger partial charge is 0.473 e. The summed E-state index contributed by atoms with van der Waals surface area (Å²) in [6, 6.07) is 0. The van der Waals surface area contributed by atoms with E-state index in [9.17, 15) is 9.59 Å². The second-order valence-electron chi connectivity index (χ2n) is 6.34. The molecule has 0 rings (SSSR count). The minimum absolute atomic E-state index is 0.0763. The molecule has 0 saturated heterocycles. The number of hydrogen-bond acceptors (Lipinski definition) is 6. The van der Waals surface area contributed by atoms with Crippen molar-refractivity contribution in [3.63, 3.8) is 0 Å². The standard InChI is InChI=1S/C21H33NO6.C2H6/c1-6-9-11-21(12-10-7-2,15-26-19(23)8-3)16-27-20(24)22-13-14-25-17-28-18(4)5;1-2/h6-8H,1-4,9-17H2,5H3,(H,22,24);1-2H3. The Morgan fingerprint density at radius 1 is 0.967 bits per heavy atom. The van der Waals surface area contributed by atoms with Crippen LogP contribution in [0.1, 0.15) is 46.5 Å². The molecule has 0 aromatic heterocycles. The van der Waals surface area contributed by atoms with Crippen molar-refractivity contribution in [1.82, 2.24) is 5.32 Å². The zero-order chi connectivity index (χ0) is 23.3. The third-order valence-corrected chi connectivity index (χ3v) is 3.86. The normalized spacial score (nSPS) is 9.97. The van der Waals surface area contributed by atoms with Gasteiger partial charge >= 0.3 is 12.1 Å². The molecule has 0 spiro atoms. The summed E-state index contributed by atoms with van der Waals surface area (Å²) in [5.41, 5.74) is -0.524. The third kappa shape index (κ3) is 16.4. The van der Waals surface area contributed by atoms with Crippen LogP contribution in [0, 0.1) is 5.41 Å². The van der Waals surface area contributed by atoms with Gasteiger partial charge < -0.3 is 24.3 Å². The van der Waals surface area contributed by atoms with Crippen molar-refractivity contribution in [3.8, 4) is 0 Å². The molecule has 0 aromatic rings. The van der Waals surface area contributed by atoms with Crippen molar-refractivity contribution < 1.29 is 28.5 Å². The van der Waals surface area contributed by atoms with Gasteiger partial charge in [-0.2, -0.15) is 0 Å². The van der Waals surface area contributed by atoms with Crippen molar-refractivity contribution >= 4 is 12.1 Å². The smallest absolute Gasteiger partial charge is 0.407 e. The number of rotatable bonds is 17. The Hall–Kier alpha value is -2.54. The number of allylic oxidation sites excluding steroid dienone is 3. The highest BCUT2D eigenvalue weighted by atomic mass is 16.7. The van der Waals surface area contributed by atoms with Crippen LogP contribution in [0.4, 0.5) is 4.79 Å². The summed E-state index contributed by atoms with van der Waals surface area (Å²) in [6.45, 7) is 21.0. The molecule has 1 amide bonds. The number of amides is 1. The van der Waals surface area contributed by atoms with Gasteiger partial charge in [-0.3, -0.25) is 0 Å². The van der Waals surface area contributed by atoms with Crippen LogP contribution in [0.3, 0.4) is 0 Å². The molecule has 0 aliphatic rings. The first-order valence-electron chi connectivity index (χ1n) is 10.2. The maximum Gasteiger partial charge on any atom is 0.407 e. The molecule has 7 nitrogen and oxygen atoms in total. The van der Waals surface area contributed by atoms with E-state index in [4.69, 9.17) is 18.9 Å². The number of esters is 1. The predicted octanol–water partition coefficient (Wildman–Crippen LogP) is 4.91. The second kappa shape index (κ2) is 19.8. The quantitative estimate of drug-likeness (QED) is 0.0890. The Bertz CT molecular complexity index is 518. The molecule has 0 aromatic carbocycles. The molecule has 0 heterocycles. The lowest BCUT2D eigenvalue weighted by molar-refractivity contribution is -0.142. The molecule has 0 atom stereocenters. The molecule has 30 heavy (non-hydrogen) atoms. The Balaban J connectivity index is 0. The molecule has 0 radical (unpaired) electrons. The first kappa shape index (κ1) is 29.7. The maximum absolute atomic E-state index is 12.0. The van der Waals surface area contributed by atoms with Gasteiger partial charge in [0.15, 0.2) is 6.79 Å². The molecular formula is C23H39NO6. The number of alkyl carbamates (subject to hydrolysis) is 1. The van der Waals surface area contributed by atoms with Gasteiger partial charge in [0.2, 0.25) is 0 Å². The Morgan fingerprint density at radius 3 is 2.03 bits per heavy atom. The summed E-state index contributed by atoms with van der Waals surface area (Å²) < 4.78 is 20.9. The maximum atomic E-state index is 12.0. The summed E-state index contributed by atoms with van der Waals surface area (Å²) in [4.78, 5) is 23.5.